The van der Waals surface area contributed by atoms with E-state index in [0.717, 1.165) is 89.1 Å². The Bertz CT molecular complexity index is 4010. The summed E-state index contributed by atoms with van der Waals surface area (Å²) in [6, 6.07) is 76.9. The van der Waals surface area contributed by atoms with Crippen molar-refractivity contribution in [2.45, 2.75) is 0 Å². The molecule has 0 unspecified atom stereocenters. The summed E-state index contributed by atoms with van der Waals surface area (Å²) in [5.74, 6) is 0. The zero-order chi connectivity index (χ0) is 45.3. The fourth-order valence-electron chi connectivity index (χ4n) is 10.3. The number of para-hydroxylation sites is 1. The van der Waals surface area contributed by atoms with E-state index < -0.39 is 0 Å². The Kier molecular flexibility index (Phi) is 9.34. The summed E-state index contributed by atoms with van der Waals surface area (Å²) in [6.45, 7) is 0. The first kappa shape index (κ1) is 39.6. The van der Waals surface area contributed by atoms with Crippen molar-refractivity contribution in [1.29, 1.82) is 5.41 Å². The van der Waals surface area contributed by atoms with Crippen LogP contribution in [0.1, 0.15) is 5.56 Å². The lowest BCUT2D eigenvalue weighted by Gasteiger charge is -2.31. The van der Waals surface area contributed by atoms with Gasteiger partial charge in [-0.2, -0.15) is 0 Å². The number of nitrogens with zero attached hydrogens (tertiary/aromatic N) is 3. The molecule has 12 aromatic rings. The molecule has 5 nitrogen and oxygen atoms in total. The number of benzene rings is 10. The van der Waals surface area contributed by atoms with E-state index in [1.165, 1.54) is 32.3 Å². The third kappa shape index (κ3) is 6.41. The van der Waals surface area contributed by atoms with E-state index in [4.69, 9.17) is 4.42 Å². The molecule has 320 valence electrons. The minimum atomic E-state index is 0.291. The number of furan rings is 1. The van der Waals surface area contributed by atoms with Crippen LogP contribution in [-0.2, 0) is 0 Å². The molecule has 0 spiro atoms. The van der Waals surface area contributed by atoms with Crippen LogP contribution in [0.5, 0.6) is 0 Å². The molecule has 6 heteroatoms. The number of anilines is 2. The van der Waals surface area contributed by atoms with Gasteiger partial charge in [-0.25, -0.2) is 4.40 Å². The van der Waals surface area contributed by atoms with Crippen molar-refractivity contribution in [1.82, 2.24) is 4.57 Å². The maximum absolute atomic E-state index is 9.77. The van der Waals surface area contributed by atoms with Crippen LogP contribution in [0.2, 0.25) is 0 Å². The summed E-state index contributed by atoms with van der Waals surface area (Å²) in [6.07, 6.45) is 4.11. The molecule has 68 heavy (non-hydrogen) atoms. The highest BCUT2D eigenvalue weighted by molar-refractivity contribution is 7.79. The second-order valence-electron chi connectivity index (χ2n) is 17.3. The van der Waals surface area contributed by atoms with Crippen molar-refractivity contribution in [2.24, 2.45) is 4.40 Å². The normalized spacial score (nSPS) is 13.6. The van der Waals surface area contributed by atoms with Gasteiger partial charge in [-0.3, -0.25) is 5.41 Å². The number of aromatic nitrogens is 1. The van der Waals surface area contributed by atoms with E-state index in [-0.39, 0.29) is 0 Å². The van der Waals surface area contributed by atoms with Crippen molar-refractivity contribution in [3.05, 3.63) is 242 Å². The molecule has 10 aromatic carbocycles. The van der Waals surface area contributed by atoms with Crippen molar-refractivity contribution in [3.63, 3.8) is 0 Å². The average Bonchev–Trinajstić information content (AvgIpc) is 3.96. The van der Waals surface area contributed by atoms with E-state index in [1.807, 2.05) is 30.3 Å². The lowest BCUT2D eigenvalue weighted by molar-refractivity contribution is 0.669. The molecule has 2 aromatic heterocycles. The summed E-state index contributed by atoms with van der Waals surface area (Å²) in [5, 5.41) is 19.4. The molecular formula is C62H40N4OS. The zero-order valence-corrected chi connectivity index (χ0v) is 37.5. The van der Waals surface area contributed by atoms with Crippen molar-refractivity contribution in [2.75, 3.05) is 4.90 Å². The number of thiol groups is 1. The van der Waals surface area contributed by atoms with Crippen LogP contribution in [0.15, 0.2) is 245 Å². The second kappa shape index (κ2) is 16.0. The van der Waals surface area contributed by atoms with E-state index in [0.29, 0.717) is 11.4 Å². The van der Waals surface area contributed by atoms with Crippen LogP contribution in [0.3, 0.4) is 0 Å². The Morgan fingerprint density at radius 1 is 0.441 bits per heavy atom. The lowest BCUT2D eigenvalue weighted by Crippen LogP contribution is -2.30. The van der Waals surface area contributed by atoms with E-state index in [2.05, 4.69) is 227 Å². The predicted molar refractivity (Wildman–Crippen MR) is 289 cm³/mol. The molecule has 1 N–H and O–H groups in total. The van der Waals surface area contributed by atoms with Gasteiger partial charge in [0.15, 0.2) is 0 Å². The smallest absolute Gasteiger partial charge is 0.135 e. The molecule has 1 aliphatic carbocycles. The molecule has 0 fully saturated rings. The maximum atomic E-state index is 9.77. The van der Waals surface area contributed by atoms with Crippen LogP contribution in [0, 0.1) is 5.41 Å². The molecule has 0 radical (unpaired) electrons. The summed E-state index contributed by atoms with van der Waals surface area (Å²) in [5.41, 5.74) is 14.5. The summed E-state index contributed by atoms with van der Waals surface area (Å²) >= 11 is 4.57. The first-order valence-electron chi connectivity index (χ1n) is 22.8. The molecule has 0 atom stereocenters. The Labute approximate surface area is 397 Å². The molecule has 1 aliphatic rings. The second-order valence-corrected chi connectivity index (χ2v) is 17.5. The highest BCUT2D eigenvalue weighted by Gasteiger charge is 2.28. The highest BCUT2D eigenvalue weighted by atomic mass is 32.1. The number of hydrogen-bond acceptors (Lipinski definition) is 5. The largest absolute Gasteiger partial charge is 0.456 e. The van der Waals surface area contributed by atoms with Crippen LogP contribution < -0.4 is 4.90 Å². The Balaban J connectivity index is 0.917. The van der Waals surface area contributed by atoms with Crippen LogP contribution in [0.25, 0.3) is 98.8 Å². The van der Waals surface area contributed by atoms with Gasteiger partial charge in [-0.15, -0.1) is 0 Å². The quantitative estimate of drug-likeness (QED) is 0.124. The van der Waals surface area contributed by atoms with Gasteiger partial charge in [0, 0.05) is 44.2 Å². The minimum Gasteiger partial charge on any atom is -0.456 e. The Hall–Kier alpha value is -8.71. The zero-order valence-electron chi connectivity index (χ0n) is 36.6. The van der Waals surface area contributed by atoms with Gasteiger partial charge in [0.05, 0.1) is 22.4 Å². The van der Waals surface area contributed by atoms with Crippen molar-refractivity contribution in [3.8, 4) is 27.9 Å². The van der Waals surface area contributed by atoms with Gasteiger partial charge >= 0.3 is 0 Å². The third-order valence-electron chi connectivity index (χ3n) is 13.5. The topological polar surface area (TPSA) is 57.5 Å². The Morgan fingerprint density at radius 2 is 1.01 bits per heavy atom. The van der Waals surface area contributed by atoms with Gasteiger partial charge in [0.1, 0.15) is 16.9 Å². The van der Waals surface area contributed by atoms with Gasteiger partial charge < -0.3 is 13.9 Å². The fraction of sp³-hybridized carbons (Fsp3) is 0. The Morgan fingerprint density at radius 3 is 1.72 bits per heavy atom. The summed E-state index contributed by atoms with van der Waals surface area (Å²) < 4.78 is 13.1. The third-order valence-corrected chi connectivity index (χ3v) is 13.7. The number of nitrogens with one attached hydrogen (secondary N) is 1. The first-order chi connectivity index (χ1) is 33.6. The van der Waals surface area contributed by atoms with Crippen molar-refractivity contribution >= 4 is 106 Å². The first-order valence-corrected chi connectivity index (χ1v) is 23.2. The van der Waals surface area contributed by atoms with Gasteiger partial charge in [0.25, 0.3) is 0 Å². The summed E-state index contributed by atoms with van der Waals surface area (Å²) in [4.78, 5) is 2.18. The van der Waals surface area contributed by atoms with Crippen LogP contribution >= 0.6 is 12.8 Å². The van der Waals surface area contributed by atoms with E-state index >= 15 is 0 Å². The minimum absolute atomic E-state index is 0.291. The summed E-state index contributed by atoms with van der Waals surface area (Å²) in [7, 11) is 0. The van der Waals surface area contributed by atoms with E-state index in [9.17, 15) is 5.41 Å². The van der Waals surface area contributed by atoms with Crippen LogP contribution in [-0.4, -0.2) is 16.0 Å². The standard InChI is InChI=1S/C62H40N4OS/c63-61-51(43-23-30-47(31-24-43)66-54-33-25-41-13-4-6-17-49(41)59(54)60-50-18-7-5-14-42(50)26-34-55(60)66)32-35-56(62(61)64-68)65(46-28-21-40(22-29-46)39-11-2-1-3-12-39)48-16-10-15-44(37-48)45-27-36-58-53(38-45)52-19-8-9-20-57(52)67-58/h1-38,63,68H/b63-61?,64-62-. The van der Waals surface area contributed by atoms with Crippen molar-refractivity contribution < 1.29 is 4.42 Å². The molecule has 0 bridgehead atoms. The number of allylic oxidation sites excluding steroid dienone is 4. The van der Waals surface area contributed by atoms with Gasteiger partial charge in [-0.1, -0.05) is 152 Å². The van der Waals surface area contributed by atoms with Gasteiger partial charge in [0.2, 0.25) is 0 Å². The molecule has 0 amide bonds. The molecule has 13 rings (SSSR count). The number of rotatable bonds is 7. The molecule has 0 saturated carbocycles. The van der Waals surface area contributed by atoms with Crippen LogP contribution in [0.4, 0.5) is 11.4 Å². The van der Waals surface area contributed by atoms with Gasteiger partial charge in [-0.05, 0) is 141 Å². The average molecular weight is 889 g/mol. The fourth-order valence-corrected chi connectivity index (χ4v) is 10.5. The molecular weight excluding hydrogens is 849 g/mol. The monoisotopic (exact) mass is 888 g/mol. The van der Waals surface area contributed by atoms with E-state index in [1.54, 1.807) is 0 Å². The lowest BCUT2D eigenvalue weighted by atomic mass is 9.91. The number of hydrogen-bond donors (Lipinski definition) is 2. The highest BCUT2D eigenvalue weighted by Crippen LogP contribution is 2.42. The number of fused-ring (bicyclic) bond motifs is 10. The molecule has 0 saturated heterocycles. The molecule has 2 heterocycles. The maximum Gasteiger partial charge on any atom is 0.135 e. The SMILES string of the molecule is N=C1C(c2ccc(-n3c4ccc5ccccc5c4c4c5ccccc5ccc43)cc2)=CC=C(N(c2ccc(-c3ccccc3)cc2)c2cccc(-c3ccc4oc5ccccc5c4c3)c2)/C1=N/S. The molecule has 0 aliphatic heterocycles. The predicted octanol–water partition coefficient (Wildman–Crippen LogP) is 16.7.